The summed E-state index contributed by atoms with van der Waals surface area (Å²) in [5, 5.41) is 3.05. The Morgan fingerprint density at radius 3 is 2.77 bits per heavy atom. The third-order valence-electron chi connectivity index (χ3n) is 6.44. The monoisotopic (exact) mass is 408 g/mol. The molecule has 2 aromatic carbocycles. The molecular formula is C24H28N2O4. The lowest BCUT2D eigenvalue weighted by atomic mass is 9.86. The lowest BCUT2D eigenvalue weighted by molar-refractivity contribution is 0.0644. The number of ether oxygens (including phenoxy) is 3. The number of methoxy groups -OCH3 is 1. The molecule has 0 unspecified atom stereocenters. The number of anilines is 1. The van der Waals surface area contributed by atoms with Crippen LogP contribution in [0, 0.1) is 17.8 Å². The van der Waals surface area contributed by atoms with Gasteiger partial charge < -0.3 is 24.4 Å². The molecule has 0 aromatic heterocycles. The van der Waals surface area contributed by atoms with Crippen molar-refractivity contribution in [2.24, 2.45) is 17.8 Å². The summed E-state index contributed by atoms with van der Waals surface area (Å²) in [4.78, 5) is 15.3. The molecule has 1 N–H and O–H groups in total. The molecule has 0 bridgehead atoms. The average Bonchev–Trinajstić information content (AvgIpc) is 3.53. The fraction of sp³-hybridized carbons (Fsp3) is 0.458. The molecule has 1 saturated carbocycles. The number of nitrogens with one attached hydrogen (secondary N) is 1. The Kier molecular flexibility index (Phi) is 5.25. The molecule has 2 heterocycles. The fourth-order valence-corrected chi connectivity index (χ4v) is 4.65. The van der Waals surface area contributed by atoms with E-state index in [1.807, 2.05) is 47.4 Å². The predicted molar refractivity (Wildman–Crippen MR) is 114 cm³/mol. The Balaban J connectivity index is 1.38. The number of nitrogens with zero attached hydrogens (tertiary/aromatic N) is 1. The maximum absolute atomic E-state index is 13.4. The zero-order valence-electron chi connectivity index (χ0n) is 17.3. The van der Waals surface area contributed by atoms with Gasteiger partial charge in [0.1, 0.15) is 11.5 Å². The fourth-order valence-electron chi connectivity index (χ4n) is 4.65. The Morgan fingerprint density at radius 1 is 1.13 bits per heavy atom. The van der Waals surface area contributed by atoms with Gasteiger partial charge >= 0.3 is 6.03 Å². The van der Waals surface area contributed by atoms with Gasteiger partial charge in [-0.1, -0.05) is 30.3 Å². The summed E-state index contributed by atoms with van der Waals surface area (Å²) in [5.74, 6) is 2.73. The van der Waals surface area contributed by atoms with Gasteiger partial charge in [0, 0.05) is 30.6 Å². The maximum atomic E-state index is 13.4. The molecule has 30 heavy (non-hydrogen) atoms. The second-order valence-corrected chi connectivity index (χ2v) is 8.48. The van der Waals surface area contributed by atoms with Crippen LogP contribution >= 0.6 is 0 Å². The van der Waals surface area contributed by atoms with Crippen molar-refractivity contribution in [2.45, 2.75) is 18.9 Å². The molecule has 5 rings (SSSR count). The maximum Gasteiger partial charge on any atom is 0.322 e. The van der Waals surface area contributed by atoms with Crippen LogP contribution in [0.5, 0.6) is 11.5 Å². The van der Waals surface area contributed by atoms with Crippen LogP contribution in [-0.2, 0) is 4.74 Å². The van der Waals surface area contributed by atoms with Gasteiger partial charge in [-0.15, -0.1) is 0 Å². The van der Waals surface area contributed by atoms with E-state index in [2.05, 4.69) is 11.4 Å². The van der Waals surface area contributed by atoms with Gasteiger partial charge in [0.25, 0.3) is 0 Å². The number of carbonyl (C=O) groups excluding carboxylic acids is 1. The van der Waals surface area contributed by atoms with Gasteiger partial charge in [0.05, 0.1) is 32.1 Å². The summed E-state index contributed by atoms with van der Waals surface area (Å²) in [6, 6.07) is 15.4. The van der Waals surface area contributed by atoms with Crippen LogP contribution in [0.15, 0.2) is 48.5 Å². The van der Waals surface area contributed by atoms with Gasteiger partial charge in [-0.2, -0.15) is 0 Å². The average molecular weight is 408 g/mol. The normalized spacial score (nSPS) is 24.6. The summed E-state index contributed by atoms with van der Waals surface area (Å²) in [5.41, 5.74) is 1.75. The van der Waals surface area contributed by atoms with Crippen LogP contribution in [0.3, 0.4) is 0 Å². The second kappa shape index (κ2) is 8.19. The lowest BCUT2D eigenvalue weighted by Gasteiger charge is -2.34. The smallest absolute Gasteiger partial charge is 0.322 e. The van der Waals surface area contributed by atoms with Crippen molar-refractivity contribution in [3.63, 3.8) is 0 Å². The number of likely N-dealkylation sites (tertiary alicyclic amines) is 1. The summed E-state index contributed by atoms with van der Waals surface area (Å²) >= 11 is 0. The van der Waals surface area contributed by atoms with E-state index >= 15 is 0 Å². The minimum absolute atomic E-state index is 0.0146. The van der Waals surface area contributed by atoms with E-state index < -0.39 is 0 Å². The first-order valence-electron chi connectivity index (χ1n) is 10.7. The van der Waals surface area contributed by atoms with Crippen LogP contribution in [0.4, 0.5) is 10.5 Å². The van der Waals surface area contributed by atoms with Gasteiger partial charge in [-0.25, -0.2) is 4.79 Å². The number of hydrogen-bond acceptors (Lipinski definition) is 4. The van der Waals surface area contributed by atoms with Gasteiger partial charge in [0.2, 0.25) is 0 Å². The number of rotatable bonds is 6. The van der Waals surface area contributed by atoms with E-state index in [0.717, 1.165) is 23.8 Å². The first-order chi connectivity index (χ1) is 14.7. The molecule has 1 saturated heterocycles. The molecule has 3 aliphatic rings. The third kappa shape index (κ3) is 3.72. The van der Waals surface area contributed by atoms with Crippen LogP contribution in [0.25, 0.3) is 0 Å². The number of para-hydroxylation sites is 3. The van der Waals surface area contributed by atoms with Crippen molar-refractivity contribution in [1.82, 2.24) is 4.90 Å². The van der Waals surface area contributed by atoms with Crippen LogP contribution in [0.2, 0.25) is 0 Å². The zero-order chi connectivity index (χ0) is 20.5. The highest BCUT2D eigenvalue weighted by Crippen LogP contribution is 2.47. The topological polar surface area (TPSA) is 60.0 Å². The molecule has 2 aromatic rings. The molecule has 3 atom stereocenters. The predicted octanol–water partition coefficient (Wildman–Crippen LogP) is 4.34. The summed E-state index contributed by atoms with van der Waals surface area (Å²) in [7, 11) is 1.61. The SMILES string of the molecule is COc1ccccc1NC(=O)N1C[C@@H](COCC2CC2)[C@@H]2COc3ccccc3[C@@H]21. The number of hydrogen-bond donors (Lipinski definition) is 1. The number of carbonyl (C=O) groups is 1. The van der Waals surface area contributed by atoms with Crippen LogP contribution in [0.1, 0.15) is 24.4 Å². The van der Waals surface area contributed by atoms with E-state index in [9.17, 15) is 4.79 Å². The largest absolute Gasteiger partial charge is 0.495 e. The Bertz CT molecular complexity index is 914. The van der Waals surface area contributed by atoms with Gasteiger partial charge in [0.15, 0.2) is 0 Å². The highest BCUT2D eigenvalue weighted by atomic mass is 16.5. The Morgan fingerprint density at radius 2 is 1.93 bits per heavy atom. The Hall–Kier alpha value is -2.73. The van der Waals surface area contributed by atoms with Crippen LogP contribution in [-0.4, -0.2) is 44.4 Å². The van der Waals surface area contributed by atoms with Crippen molar-refractivity contribution in [1.29, 1.82) is 0 Å². The number of urea groups is 1. The van der Waals surface area contributed by atoms with Gasteiger partial charge in [-0.05, 0) is 37.0 Å². The lowest BCUT2D eigenvalue weighted by Crippen LogP contribution is -2.38. The highest BCUT2D eigenvalue weighted by molar-refractivity contribution is 5.91. The molecule has 158 valence electrons. The molecule has 2 aliphatic heterocycles. The molecule has 2 fully saturated rings. The molecule has 0 radical (unpaired) electrons. The molecule has 6 heteroatoms. The first kappa shape index (κ1) is 19.2. The molecule has 1 aliphatic carbocycles. The summed E-state index contributed by atoms with van der Waals surface area (Å²) in [6.07, 6.45) is 2.56. The third-order valence-corrected chi connectivity index (χ3v) is 6.44. The van der Waals surface area contributed by atoms with Crippen molar-refractivity contribution in [3.8, 4) is 11.5 Å². The minimum Gasteiger partial charge on any atom is -0.495 e. The first-order valence-corrected chi connectivity index (χ1v) is 10.7. The molecule has 0 spiro atoms. The zero-order valence-corrected chi connectivity index (χ0v) is 17.3. The van der Waals surface area contributed by atoms with Crippen molar-refractivity contribution in [3.05, 3.63) is 54.1 Å². The molecular weight excluding hydrogens is 380 g/mol. The van der Waals surface area contributed by atoms with Crippen molar-refractivity contribution < 1.29 is 19.0 Å². The van der Waals surface area contributed by atoms with Gasteiger partial charge in [-0.3, -0.25) is 0 Å². The minimum atomic E-state index is -0.115. The van der Waals surface area contributed by atoms with E-state index in [0.29, 0.717) is 31.2 Å². The van der Waals surface area contributed by atoms with E-state index in [1.54, 1.807) is 7.11 Å². The number of benzene rings is 2. The van der Waals surface area contributed by atoms with E-state index in [1.165, 1.54) is 12.8 Å². The van der Waals surface area contributed by atoms with Crippen molar-refractivity contribution in [2.75, 3.05) is 38.8 Å². The van der Waals surface area contributed by atoms with Crippen LogP contribution < -0.4 is 14.8 Å². The summed E-state index contributed by atoms with van der Waals surface area (Å²) in [6.45, 7) is 2.76. The highest BCUT2D eigenvalue weighted by Gasteiger charge is 2.48. The summed E-state index contributed by atoms with van der Waals surface area (Å²) < 4.78 is 17.5. The molecule has 6 nitrogen and oxygen atoms in total. The van der Waals surface area contributed by atoms with E-state index in [4.69, 9.17) is 14.2 Å². The standard InChI is InChI=1S/C24H28N2O4/c1-28-22-9-5-3-7-20(22)25-24(27)26-12-17(14-29-13-16-10-11-16)19-15-30-21-8-4-2-6-18(21)23(19)26/h2-9,16-17,19,23H,10-15H2,1H3,(H,25,27)/t17-,19-,23-/m0/s1. The number of fused-ring (bicyclic) bond motifs is 3. The number of amides is 2. The molecule has 2 amide bonds. The van der Waals surface area contributed by atoms with E-state index in [-0.39, 0.29) is 23.9 Å². The van der Waals surface area contributed by atoms with Crippen molar-refractivity contribution >= 4 is 11.7 Å². The second-order valence-electron chi connectivity index (χ2n) is 8.48. The quantitative estimate of drug-likeness (QED) is 0.773. The Labute approximate surface area is 177 Å².